The van der Waals surface area contributed by atoms with Gasteiger partial charge in [0, 0.05) is 0 Å². The molecule has 0 radical (unpaired) electrons. The minimum atomic E-state index is -1.07. The molecule has 0 aliphatic heterocycles. The van der Waals surface area contributed by atoms with Gasteiger partial charge in [-0.15, -0.1) is 0 Å². The first kappa shape index (κ1) is 7.85. The number of oxazole rings is 1. The summed E-state index contributed by atoms with van der Waals surface area (Å²) < 4.78 is 6.87. The van der Waals surface area contributed by atoms with E-state index in [9.17, 15) is 4.79 Å². The van der Waals surface area contributed by atoms with E-state index in [2.05, 4.69) is 4.98 Å². The van der Waals surface area contributed by atoms with Gasteiger partial charge in [0.2, 0.25) is 11.4 Å². The molecule has 0 saturated carbocycles. The van der Waals surface area contributed by atoms with E-state index in [0.29, 0.717) is 11.5 Å². The third-order valence-corrected chi connectivity index (χ3v) is 2.05. The number of aromatic carboxylic acids is 1. The van der Waals surface area contributed by atoms with Crippen LogP contribution in [0.1, 0.15) is 21.9 Å². The molecule has 2 heterocycles. The van der Waals surface area contributed by atoms with Gasteiger partial charge >= 0.3 is 5.97 Å². The number of nitrogens with zero attached hydrogens (tertiary/aromatic N) is 2. The number of carbonyl (C=O) groups is 1. The zero-order valence-corrected chi connectivity index (χ0v) is 7.24. The molecule has 0 aromatic carbocycles. The van der Waals surface area contributed by atoms with Crippen LogP contribution in [-0.2, 0) is 0 Å². The fourth-order valence-corrected chi connectivity index (χ4v) is 1.21. The molecule has 2 aromatic rings. The highest BCUT2D eigenvalue weighted by Crippen LogP contribution is 2.17. The smallest absolute Gasteiger partial charge is 0.360 e. The largest absolute Gasteiger partial charge is 0.476 e. The van der Waals surface area contributed by atoms with Crippen molar-refractivity contribution in [3.8, 4) is 0 Å². The Morgan fingerprint density at radius 2 is 2.31 bits per heavy atom. The third-order valence-electron chi connectivity index (χ3n) is 2.05. The van der Waals surface area contributed by atoms with E-state index in [1.54, 1.807) is 11.3 Å². The Balaban J connectivity index is 2.82. The van der Waals surface area contributed by atoms with E-state index in [1.807, 2.05) is 6.92 Å². The van der Waals surface area contributed by atoms with Crippen molar-refractivity contribution < 1.29 is 14.3 Å². The van der Waals surface area contributed by atoms with Crippen LogP contribution >= 0.6 is 0 Å². The summed E-state index contributed by atoms with van der Waals surface area (Å²) in [6.07, 6.45) is 1.45. The van der Waals surface area contributed by atoms with E-state index >= 15 is 0 Å². The van der Waals surface area contributed by atoms with Crippen molar-refractivity contribution in [2.45, 2.75) is 13.8 Å². The number of carboxylic acid groups (broad SMARTS) is 1. The number of fused-ring (bicyclic) bond motifs is 1. The molecule has 0 saturated heterocycles. The number of carboxylic acids is 1. The van der Waals surface area contributed by atoms with Crippen LogP contribution in [0, 0.1) is 13.8 Å². The molecule has 5 heteroatoms. The fraction of sp³-hybridized carbons (Fsp3) is 0.250. The minimum absolute atomic E-state index is 0.0452. The molecule has 0 bridgehead atoms. The van der Waals surface area contributed by atoms with E-state index in [1.165, 1.54) is 6.33 Å². The van der Waals surface area contributed by atoms with Crippen LogP contribution < -0.4 is 0 Å². The summed E-state index contributed by atoms with van der Waals surface area (Å²) in [5.41, 5.74) is 1.12. The van der Waals surface area contributed by atoms with Crippen LogP contribution in [-0.4, -0.2) is 20.5 Å². The quantitative estimate of drug-likeness (QED) is 0.716. The zero-order chi connectivity index (χ0) is 9.59. The van der Waals surface area contributed by atoms with E-state index in [-0.39, 0.29) is 5.69 Å². The fourth-order valence-electron chi connectivity index (χ4n) is 1.21. The Hall–Kier alpha value is -1.78. The second-order valence-corrected chi connectivity index (χ2v) is 2.82. The molecule has 0 amide bonds. The zero-order valence-electron chi connectivity index (χ0n) is 7.24. The third kappa shape index (κ3) is 0.932. The van der Waals surface area contributed by atoms with Crippen LogP contribution in [0.4, 0.5) is 0 Å². The predicted octanol–water partition coefficient (Wildman–Crippen LogP) is 1.24. The number of rotatable bonds is 1. The first-order valence-corrected chi connectivity index (χ1v) is 3.77. The highest BCUT2D eigenvalue weighted by Gasteiger charge is 2.17. The molecule has 0 fully saturated rings. The van der Waals surface area contributed by atoms with Crippen molar-refractivity contribution in [3.63, 3.8) is 0 Å². The lowest BCUT2D eigenvalue weighted by Crippen LogP contribution is -1.96. The first-order valence-electron chi connectivity index (χ1n) is 3.77. The molecule has 0 aliphatic rings. The van der Waals surface area contributed by atoms with Crippen LogP contribution in [0.5, 0.6) is 0 Å². The molecular weight excluding hydrogens is 172 g/mol. The van der Waals surface area contributed by atoms with Gasteiger partial charge in [0.05, 0.1) is 5.69 Å². The summed E-state index contributed by atoms with van der Waals surface area (Å²) in [4.78, 5) is 14.4. The molecule has 0 atom stereocenters. The summed E-state index contributed by atoms with van der Waals surface area (Å²) in [6, 6.07) is 0. The maximum Gasteiger partial charge on any atom is 0.360 e. The lowest BCUT2D eigenvalue weighted by molar-refractivity contribution is 0.0692. The van der Waals surface area contributed by atoms with Crippen molar-refractivity contribution in [3.05, 3.63) is 23.5 Å². The average molecular weight is 180 g/mol. The molecule has 5 nitrogen and oxygen atoms in total. The lowest BCUT2D eigenvalue weighted by atomic mass is 10.4. The molecule has 0 unspecified atom stereocenters. The summed E-state index contributed by atoms with van der Waals surface area (Å²) in [5.74, 6) is -0.365. The summed E-state index contributed by atoms with van der Waals surface area (Å²) >= 11 is 0. The molecule has 13 heavy (non-hydrogen) atoms. The van der Waals surface area contributed by atoms with Gasteiger partial charge in [0.15, 0.2) is 0 Å². The van der Waals surface area contributed by atoms with Crippen LogP contribution in [0.25, 0.3) is 5.71 Å². The van der Waals surface area contributed by atoms with E-state index < -0.39 is 5.97 Å². The Morgan fingerprint density at radius 1 is 1.62 bits per heavy atom. The van der Waals surface area contributed by atoms with Crippen LogP contribution in [0.15, 0.2) is 10.7 Å². The first-order chi connectivity index (χ1) is 6.11. The molecule has 2 aromatic heterocycles. The van der Waals surface area contributed by atoms with Gasteiger partial charge in [-0.1, -0.05) is 0 Å². The second kappa shape index (κ2) is 2.35. The minimum Gasteiger partial charge on any atom is -0.476 e. The van der Waals surface area contributed by atoms with Crippen molar-refractivity contribution in [2.75, 3.05) is 0 Å². The number of aromatic nitrogens is 2. The van der Waals surface area contributed by atoms with Gasteiger partial charge < -0.3 is 9.52 Å². The van der Waals surface area contributed by atoms with Crippen molar-refractivity contribution in [1.82, 2.24) is 9.38 Å². The lowest BCUT2D eigenvalue weighted by Gasteiger charge is -1.83. The highest BCUT2D eigenvalue weighted by atomic mass is 16.4. The number of aryl methyl sites for hydroxylation is 2. The van der Waals surface area contributed by atoms with Crippen molar-refractivity contribution >= 4 is 11.7 Å². The molecule has 0 aliphatic carbocycles. The standard InChI is InChI=1S/C8H8N2O3/c1-4-5(2)13-7-6(8(11)12)9-3-10(4)7/h3H,1-2H3,(H,11,12). The Bertz CT molecular complexity index is 481. The normalized spacial score (nSPS) is 10.9. The van der Waals surface area contributed by atoms with Crippen LogP contribution in [0.3, 0.4) is 0 Å². The Morgan fingerprint density at radius 3 is 2.92 bits per heavy atom. The number of imidazole rings is 1. The van der Waals surface area contributed by atoms with E-state index in [0.717, 1.165) is 5.69 Å². The maximum absolute atomic E-state index is 10.7. The van der Waals surface area contributed by atoms with Crippen LogP contribution in [0.2, 0.25) is 0 Å². The molecule has 1 N–H and O–H groups in total. The average Bonchev–Trinajstić information content (AvgIpc) is 2.55. The number of hydrogen-bond donors (Lipinski definition) is 1. The molecule has 68 valence electrons. The summed E-state index contributed by atoms with van der Waals surface area (Å²) in [7, 11) is 0. The monoisotopic (exact) mass is 180 g/mol. The summed E-state index contributed by atoms with van der Waals surface area (Å²) in [6.45, 7) is 3.63. The Kier molecular flexibility index (Phi) is 1.42. The highest BCUT2D eigenvalue weighted by molar-refractivity contribution is 5.91. The SMILES string of the molecule is Cc1oc2c(C(=O)O)ncn2c1C. The van der Waals surface area contributed by atoms with Gasteiger partial charge in [-0.05, 0) is 13.8 Å². The molecule has 2 rings (SSSR count). The topological polar surface area (TPSA) is 67.7 Å². The number of hydrogen-bond acceptors (Lipinski definition) is 3. The van der Waals surface area contributed by atoms with Crippen molar-refractivity contribution in [1.29, 1.82) is 0 Å². The molecule has 0 spiro atoms. The van der Waals surface area contributed by atoms with Crippen molar-refractivity contribution in [2.24, 2.45) is 0 Å². The van der Waals surface area contributed by atoms with Gasteiger partial charge in [-0.25, -0.2) is 9.78 Å². The van der Waals surface area contributed by atoms with Gasteiger partial charge in [-0.3, -0.25) is 4.40 Å². The van der Waals surface area contributed by atoms with Gasteiger partial charge in [-0.2, -0.15) is 0 Å². The van der Waals surface area contributed by atoms with Gasteiger partial charge in [0.1, 0.15) is 12.1 Å². The summed E-state index contributed by atoms with van der Waals surface area (Å²) in [5, 5.41) is 8.74. The second-order valence-electron chi connectivity index (χ2n) is 2.82. The van der Waals surface area contributed by atoms with E-state index in [4.69, 9.17) is 9.52 Å². The Labute approximate surface area is 73.6 Å². The maximum atomic E-state index is 10.7. The predicted molar refractivity (Wildman–Crippen MR) is 43.9 cm³/mol. The molecular formula is C8H8N2O3. The van der Waals surface area contributed by atoms with Gasteiger partial charge in [0.25, 0.3) is 0 Å².